The van der Waals surface area contributed by atoms with Gasteiger partial charge in [-0.15, -0.1) is 0 Å². The molecule has 1 aromatic carbocycles. The third kappa shape index (κ3) is 6.07. The summed E-state index contributed by atoms with van der Waals surface area (Å²) in [7, 11) is 1.62. The van der Waals surface area contributed by atoms with Gasteiger partial charge >= 0.3 is 0 Å². The van der Waals surface area contributed by atoms with Gasteiger partial charge in [0.25, 0.3) is 0 Å². The van der Waals surface area contributed by atoms with Crippen LogP contribution >= 0.6 is 0 Å². The molecule has 1 aliphatic rings. The normalized spacial score (nSPS) is 22.9. The van der Waals surface area contributed by atoms with Gasteiger partial charge in [-0.25, -0.2) is 0 Å². The summed E-state index contributed by atoms with van der Waals surface area (Å²) in [6.45, 7) is 4.91. The number of ether oxygens (including phenoxy) is 1. The number of carbonyl (C=O) groups is 2. The first-order valence-electron chi connectivity index (χ1n) is 9.18. The molecule has 5 heteroatoms. The molecule has 1 fully saturated rings. The highest BCUT2D eigenvalue weighted by Gasteiger charge is 2.28. The Kier molecular flexibility index (Phi) is 7.29. The predicted octanol–water partition coefficient (Wildman–Crippen LogP) is 3.03. The van der Waals surface area contributed by atoms with E-state index in [2.05, 4.69) is 24.5 Å². The second kappa shape index (κ2) is 9.44. The second-order valence-corrected chi connectivity index (χ2v) is 7.07. The van der Waals surface area contributed by atoms with Crippen LogP contribution in [0.25, 0.3) is 0 Å². The second-order valence-electron chi connectivity index (χ2n) is 7.07. The van der Waals surface area contributed by atoms with Gasteiger partial charge in [0.2, 0.25) is 11.8 Å². The van der Waals surface area contributed by atoms with E-state index in [1.165, 1.54) is 12.8 Å². The third-order valence-electron chi connectivity index (χ3n) is 5.28. The molecule has 0 unspecified atom stereocenters. The molecule has 0 radical (unpaired) electrons. The van der Waals surface area contributed by atoms with Crippen molar-refractivity contribution in [3.05, 3.63) is 29.8 Å². The molecule has 0 aromatic heterocycles. The summed E-state index contributed by atoms with van der Waals surface area (Å²) in [6, 6.07) is 7.80. The summed E-state index contributed by atoms with van der Waals surface area (Å²) in [5.41, 5.74) is 1.00. The summed E-state index contributed by atoms with van der Waals surface area (Å²) in [6.07, 6.45) is 3.91. The van der Waals surface area contributed by atoms with Crippen LogP contribution in [0.5, 0.6) is 5.75 Å². The summed E-state index contributed by atoms with van der Waals surface area (Å²) in [5.74, 6) is 1.81. The first-order chi connectivity index (χ1) is 12.0. The zero-order valence-corrected chi connectivity index (χ0v) is 15.5. The van der Waals surface area contributed by atoms with Crippen molar-refractivity contribution < 1.29 is 14.3 Å². The zero-order chi connectivity index (χ0) is 18.2. The Morgan fingerprint density at radius 3 is 2.44 bits per heavy atom. The molecule has 1 aliphatic carbocycles. The van der Waals surface area contributed by atoms with Crippen LogP contribution in [0.15, 0.2) is 24.3 Å². The lowest BCUT2D eigenvalue weighted by Gasteiger charge is -2.34. The molecule has 1 saturated carbocycles. The van der Waals surface area contributed by atoms with Gasteiger partial charge in [-0.3, -0.25) is 9.59 Å². The molecule has 2 amide bonds. The maximum absolute atomic E-state index is 12.1. The molecule has 0 aliphatic heterocycles. The number of hydrogen-bond acceptors (Lipinski definition) is 3. The Bertz CT molecular complexity index is 571. The van der Waals surface area contributed by atoms with Gasteiger partial charge in [0, 0.05) is 25.4 Å². The molecule has 0 bridgehead atoms. The van der Waals surface area contributed by atoms with Gasteiger partial charge in [-0.2, -0.15) is 0 Å². The SMILES string of the molecule is COc1ccc(CNC(=O)CCC(=O)N[C@@H]2CCC[C@@H](C)[C@H]2C)cc1. The zero-order valence-electron chi connectivity index (χ0n) is 15.5. The van der Waals surface area contributed by atoms with Crippen LogP contribution in [-0.2, 0) is 16.1 Å². The number of methoxy groups -OCH3 is 1. The Hall–Kier alpha value is -2.04. The van der Waals surface area contributed by atoms with E-state index in [0.717, 1.165) is 17.7 Å². The van der Waals surface area contributed by atoms with Crippen LogP contribution in [0.2, 0.25) is 0 Å². The van der Waals surface area contributed by atoms with Crippen LogP contribution in [0.4, 0.5) is 0 Å². The van der Waals surface area contributed by atoms with Crippen molar-refractivity contribution in [3.8, 4) is 5.75 Å². The molecule has 0 heterocycles. The van der Waals surface area contributed by atoms with Crippen molar-refractivity contribution in [2.75, 3.05) is 7.11 Å². The Balaban J connectivity index is 1.67. The average Bonchev–Trinajstić information content (AvgIpc) is 2.62. The molecule has 2 rings (SSSR count). The number of rotatable bonds is 7. The quantitative estimate of drug-likeness (QED) is 0.797. The van der Waals surface area contributed by atoms with E-state index in [1.807, 2.05) is 24.3 Å². The molecule has 25 heavy (non-hydrogen) atoms. The van der Waals surface area contributed by atoms with Crippen molar-refractivity contribution in [1.82, 2.24) is 10.6 Å². The maximum Gasteiger partial charge on any atom is 0.220 e. The summed E-state index contributed by atoms with van der Waals surface area (Å²) in [4.78, 5) is 24.0. The number of amides is 2. The molecule has 0 saturated heterocycles. The van der Waals surface area contributed by atoms with Crippen molar-refractivity contribution in [2.45, 2.75) is 58.5 Å². The fourth-order valence-corrected chi connectivity index (χ4v) is 3.32. The minimum absolute atomic E-state index is 0.0226. The Labute approximate surface area is 150 Å². The smallest absolute Gasteiger partial charge is 0.220 e. The third-order valence-corrected chi connectivity index (χ3v) is 5.28. The summed E-state index contributed by atoms with van der Waals surface area (Å²) >= 11 is 0. The van der Waals surface area contributed by atoms with Crippen LogP contribution < -0.4 is 15.4 Å². The highest BCUT2D eigenvalue weighted by Crippen LogP contribution is 2.29. The van der Waals surface area contributed by atoms with Gasteiger partial charge in [-0.1, -0.05) is 38.8 Å². The molecule has 2 N–H and O–H groups in total. The average molecular weight is 346 g/mol. The van der Waals surface area contributed by atoms with Gasteiger partial charge in [-0.05, 0) is 36.0 Å². The summed E-state index contributed by atoms with van der Waals surface area (Å²) < 4.78 is 5.10. The number of nitrogens with one attached hydrogen (secondary N) is 2. The number of hydrogen-bond donors (Lipinski definition) is 2. The van der Waals surface area contributed by atoms with Gasteiger partial charge in [0.1, 0.15) is 5.75 Å². The molecule has 0 spiro atoms. The lowest BCUT2D eigenvalue weighted by atomic mass is 9.78. The molecular formula is C20H30N2O3. The monoisotopic (exact) mass is 346 g/mol. The predicted molar refractivity (Wildman–Crippen MR) is 98.2 cm³/mol. The first-order valence-corrected chi connectivity index (χ1v) is 9.18. The van der Waals surface area contributed by atoms with Gasteiger partial charge in [0.15, 0.2) is 0 Å². The standard InChI is InChI=1S/C20H30N2O3/c1-14-5-4-6-18(15(14)2)22-20(24)12-11-19(23)21-13-16-7-9-17(25-3)10-8-16/h7-10,14-15,18H,4-6,11-13H2,1-3H3,(H,21,23)(H,22,24)/t14-,15-,18-/m1/s1. The van der Waals surface area contributed by atoms with Crippen molar-refractivity contribution in [1.29, 1.82) is 0 Å². The van der Waals surface area contributed by atoms with Crippen molar-refractivity contribution in [3.63, 3.8) is 0 Å². The Morgan fingerprint density at radius 2 is 1.76 bits per heavy atom. The molecular weight excluding hydrogens is 316 g/mol. The highest BCUT2D eigenvalue weighted by molar-refractivity contribution is 5.83. The van der Waals surface area contributed by atoms with E-state index < -0.39 is 0 Å². The molecule has 1 aromatic rings. The lowest BCUT2D eigenvalue weighted by molar-refractivity contribution is -0.127. The minimum atomic E-state index is -0.101. The van der Waals surface area contributed by atoms with Crippen molar-refractivity contribution in [2.24, 2.45) is 11.8 Å². The first kappa shape index (κ1) is 19.3. The van der Waals surface area contributed by atoms with Crippen LogP contribution in [0.3, 0.4) is 0 Å². The molecule has 5 nitrogen and oxygen atoms in total. The van der Waals surface area contributed by atoms with E-state index in [1.54, 1.807) is 7.11 Å². The van der Waals surface area contributed by atoms with Crippen molar-refractivity contribution >= 4 is 11.8 Å². The fourth-order valence-electron chi connectivity index (χ4n) is 3.32. The van der Waals surface area contributed by atoms with Crippen LogP contribution in [-0.4, -0.2) is 25.0 Å². The van der Waals surface area contributed by atoms with E-state index in [9.17, 15) is 9.59 Å². The van der Waals surface area contributed by atoms with E-state index in [0.29, 0.717) is 18.4 Å². The van der Waals surface area contributed by atoms with Gasteiger partial charge in [0.05, 0.1) is 7.11 Å². The molecule has 3 atom stereocenters. The van der Waals surface area contributed by atoms with Gasteiger partial charge < -0.3 is 15.4 Å². The number of benzene rings is 1. The van der Waals surface area contributed by atoms with Crippen LogP contribution in [0.1, 0.15) is 51.5 Å². The minimum Gasteiger partial charge on any atom is -0.497 e. The topological polar surface area (TPSA) is 67.4 Å². The van der Waals surface area contributed by atoms with E-state index in [4.69, 9.17) is 4.74 Å². The van der Waals surface area contributed by atoms with Crippen LogP contribution in [0, 0.1) is 11.8 Å². The highest BCUT2D eigenvalue weighted by atomic mass is 16.5. The van der Waals surface area contributed by atoms with E-state index >= 15 is 0 Å². The Morgan fingerprint density at radius 1 is 1.08 bits per heavy atom. The summed E-state index contributed by atoms with van der Waals surface area (Å²) in [5, 5.41) is 5.96. The van der Waals surface area contributed by atoms with E-state index in [-0.39, 0.29) is 30.7 Å². The molecule has 138 valence electrons. The number of carbonyl (C=O) groups excluding carboxylic acids is 2. The lowest BCUT2D eigenvalue weighted by Crippen LogP contribution is -2.43. The fraction of sp³-hybridized carbons (Fsp3) is 0.600. The maximum atomic E-state index is 12.1. The largest absolute Gasteiger partial charge is 0.497 e.